The Hall–Kier alpha value is -3.23. The molecule has 0 bridgehead atoms. The van der Waals surface area contributed by atoms with Crippen LogP contribution in [0.25, 0.3) is 11.4 Å². The van der Waals surface area contributed by atoms with Crippen molar-refractivity contribution < 1.29 is 0 Å². The number of benzene rings is 1. The Bertz CT molecular complexity index is 929. The lowest BCUT2D eigenvalue weighted by Gasteiger charge is -2.17. The van der Waals surface area contributed by atoms with E-state index in [-0.39, 0.29) is 0 Å². The monoisotopic (exact) mass is 378 g/mol. The minimum absolute atomic E-state index is 0.295. The van der Waals surface area contributed by atoms with E-state index < -0.39 is 0 Å². The second-order valence-corrected chi connectivity index (χ2v) is 6.78. The first-order valence-electron chi connectivity index (χ1n) is 9.06. The van der Waals surface area contributed by atoms with Gasteiger partial charge in [0.25, 0.3) is 0 Å². The number of nitrogens with zero attached hydrogens (tertiary/aromatic N) is 5. The number of hydrogen-bond donors (Lipinski definition) is 3. The third-order valence-electron chi connectivity index (χ3n) is 4.45. The second-order valence-electron chi connectivity index (χ2n) is 6.78. The summed E-state index contributed by atoms with van der Waals surface area (Å²) in [5.41, 5.74) is 12.9. The van der Waals surface area contributed by atoms with Crippen molar-refractivity contribution >= 4 is 5.84 Å². The van der Waals surface area contributed by atoms with Crippen LogP contribution < -0.4 is 17.1 Å². The number of nitrogens with two attached hydrogens (primary N) is 2. The normalized spacial score (nSPS) is 11.8. The first-order valence-corrected chi connectivity index (χ1v) is 9.06. The van der Waals surface area contributed by atoms with E-state index in [1.165, 1.54) is 11.1 Å². The molecule has 146 valence electrons. The number of hydrazine groups is 1. The van der Waals surface area contributed by atoms with Crippen LogP contribution in [0.15, 0.2) is 60.2 Å². The molecule has 5 N–H and O–H groups in total. The quantitative estimate of drug-likeness (QED) is 0.237. The highest BCUT2D eigenvalue weighted by Gasteiger charge is 2.08. The van der Waals surface area contributed by atoms with Crippen molar-refractivity contribution in [2.24, 2.45) is 16.7 Å². The van der Waals surface area contributed by atoms with Crippen LogP contribution >= 0.6 is 0 Å². The average Bonchev–Trinajstić information content (AvgIpc) is 3.18. The van der Waals surface area contributed by atoms with Gasteiger partial charge in [-0.3, -0.25) is 4.98 Å². The van der Waals surface area contributed by atoms with Gasteiger partial charge in [-0.25, -0.2) is 16.4 Å². The molecule has 0 amide bonds. The van der Waals surface area contributed by atoms with E-state index in [1.807, 2.05) is 18.6 Å². The Kier molecular flexibility index (Phi) is 6.36. The number of nitrogens with one attached hydrogen (secondary N) is 1. The number of amidine groups is 1. The van der Waals surface area contributed by atoms with Crippen molar-refractivity contribution in [3.05, 3.63) is 71.8 Å². The summed E-state index contributed by atoms with van der Waals surface area (Å²) in [4.78, 5) is 11.1. The first kappa shape index (κ1) is 19.5. The van der Waals surface area contributed by atoms with Crippen LogP contribution in [0.5, 0.6) is 0 Å². The largest absolute Gasteiger partial charge is 0.382 e. The minimum atomic E-state index is 0.295. The molecule has 1 aromatic carbocycles. The summed E-state index contributed by atoms with van der Waals surface area (Å²) in [5, 5.41) is 3.79. The summed E-state index contributed by atoms with van der Waals surface area (Å²) in [5.74, 6) is 5.47. The SMILES string of the molecule is Cc1ccc(CN(C)CCn2cnc(-c3cc(/C(N)=N/NN)ccn3)c2)cc1. The predicted molar refractivity (Wildman–Crippen MR) is 111 cm³/mol. The zero-order valence-corrected chi connectivity index (χ0v) is 16.2. The van der Waals surface area contributed by atoms with Crippen LogP contribution in [0.4, 0.5) is 0 Å². The average molecular weight is 378 g/mol. The molecule has 3 rings (SSSR count). The molecular weight excluding hydrogens is 352 g/mol. The third-order valence-corrected chi connectivity index (χ3v) is 4.45. The van der Waals surface area contributed by atoms with Gasteiger partial charge in [0.15, 0.2) is 5.84 Å². The summed E-state index contributed by atoms with van der Waals surface area (Å²) in [6, 6.07) is 12.3. The minimum Gasteiger partial charge on any atom is -0.382 e. The number of hydrogen-bond acceptors (Lipinski definition) is 6. The lowest BCUT2D eigenvalue weighted by Crippen LogP contribution is -2.23. The van der Waals surface area contributed by atoms with Crippen molar-refractivity contribution in [3.63, 3.8) is 0 Å². The lowest BCUT2D eigenvalue weighted by atomic mass is 10.1. The van der Waals surface area contributed by atoms with Gasteiger partial charge in [-0.1, -0.05) is 29.8 Å². The molecule has 2 heterocycles. The maximum Gasteiger partial charge on any atom is 0.152 e. The zero-order chi connectivity index (χ0) is 19.9. The molecule has 28 heavy (non-hydrogen) atoms. The number of rotatable bonds is 8. The third kappa shape index (κ3) is 5.15. The number of pyridine rings is 1. The van der Waals surface area contributed by atoms with Gasteiger partial charge >= 0.3 is 0 Å². The first-order chi connectivity index (χ1) is 13.5. The Morgan fingerprint density at radius 1 is 1.18 bits per heavy atom. The molecule has 0 aliphatic heterocycles. The van der Waals surface area contributed by atoms with Crippen LogP contribution in [0, 0.1) is 6.92 Å². The van der Waals surface area contributed by atoms with Crippen molar-refractivity contribution in [2.45, 2.75) is 20.0 Å². The van der Waals surface area contributed by atoms with Gasteiger partial charge in [-0.2, -0.15) is 0 Å². The summed E-state index contributed by atoms with van der Waals surface area (Å²) >= 11 is 0. The van der Waals surface area contributed by atoms with Gasteiger partial charge in [0, 0.05) is 37.6 Å². The van der Waals surface area contributed by atoms with Gasteiger partial charge in [-0.15, -0.1) is 5.10 Å². The maximum absolute atomic E-state index is 5.86. The van der Waals surface area contributed by atoms with Crippen LogP contribution in [0.1, 0.15) is 16.7 Å². The standard InChI is InChI=1S/C20H26N8/c1-15-3-5-16(6-4-15)12-27(2)9-10-28-13-19(24-14-28)18-11-17(7-8-23-18)20(21)25-26-22/h3-8,11,13-14,26H,9-10,12,22H2,1-2H3,(H2,21,25). The van der Waals surface area contributed by atoms with Crippen molar-refractivity contribution in [3.8, 4) is 11.4 Å². The second kappa shape index (κ2) is 9.12. The lowest BCUT2D eigenvalue weighted by molar-refractivity contribution is 0.311. The highest BCUT2D eigenvalue weighted by molar-refractivity contribution is 5.97. The number of likely N-dealkylation sites (N-methyl/N-ethyl adjacent to an activating group) is 1. The molecule has 0 spiro atoms. The number of aromatic nitrogens is 3. The summed E-state index contributed by atoms with van der Waals surface area (Å²) in [6.07, 6.45) is 5.49. The summed E-state index contributed by atoms with van der Waals surface area (Å²) in [7, 11) is 2.12. The molecule has 0 aliphatic carbocycles. The van der Waals surface area contributed by atoms with Crippen LogP contribution in [0.2, 0.25) is 0 Å². The summed E-state index contributed by atoms with van der Waals surface area (Å²) in [6.45, 7) is 4.78. The molecular formula is C20H26N8. The van der Waals surface area contributed by atoms with Crippen LogP contribution in [-0.4, -0.2) is 38.9 Å². The highest BCUT2D eigenvalue weighted by Crippen LogP contribution is 2.15. The Labute approximate surface area is 164 Å². The molecule has 0 fully saturated rings. The highest BCUT2D eigenvalue weighted by atomic mass is 15.5. The number of imidazole rings is 1. The molecule has 0 saturated heterocycles. The molecule has 0 unspecified atom stereocenters. The van der Waals surface area contributed by atoms with Gasteiger partial charge in [0.1, 0.15) is 5.69 Å². The van der Waals surface area contributed by atoms with Crippen molar-refractivity contribution in [2.75, 3.05) is 13.6 Å². The van der Waals surface area contributed by atoms with E-state index >= 15 is 0 Å². The van der Waals surface area contributed by atoms with E-state index in [0.717, 1.165) is 36.6 Å². The molecule has 2 aromatic heterocycles. The van der Waals surface area contributed by atoms with Crippen LogP contribution in [0.3, 0.4) is 0 Å². The molecule has 8 nitrogen and oxygen atoms in total. The zero-order valence-electron chi connectivity index (χ0n) is 16.2. The smallest absolute Gasteiger partial charge is 0.152 e. The van der Waals surface area contributed by atoms with Crippen molar-refractivity contribution in [1.82, 2.24) is 25.0 Å². The molecule has 0 saturated carbocycles. The molecule has 3 aromatic rings. The Morgan fingerprint density at radius 2 is 1.96 bits per heavy atom. The Balaban J connectivity index is 1.60. The van der Waals surface area contributed by atoms with Crippen molar-refractivity contribution in [1.29, 1.82) is 0 Å². The van der Waals surface area contributed by atoms with Crippen LogP contribution in [-0.2, 0) is 13.1 Å². The van der Waals surface area contributed by atoms with Gasteiger partial charge in [0.2, 0.25) is 0 Å². The topological polar surface area (TPSA) is 110 Å². The molecule has 8 heteroatoms. The molecule has 0 atom stereocenters. The number of aryl methyl sites for hydroxylation is 1. The predicted octanol–water partition coefficient (Wildman–Crippen LogP) is 1.47. The maximum atomic E-state index is 5.86. The van der Waals surface area contributed by atoms with E-state index in [9.17, 15) is 0 Å². The van der Waals surface area contributed by atoms with E-state index in [4.69, 9.17) is 11.6 Å². The van der Waals surface area contributed by atoms with E-state index in [0.29, 0.717) is 5.84 Å². The molecule has 0 radical (unpaired) electrons. The fraction of sp³-hybridized carbons (Fsp3) is 0.250. The fourth-order valence-electron chi connectivity index (χ4n) is 2.85. The Morgan fingerprint density at radius 3 is 2.71 bits per heavy atom. The fourth-order valence-corrected chi connectivity index (χ4v) is 2.85. The van der Waals surface area contributed by atoms with E-state index in [2.05, 4.69) is 68.3 Å². The van der Waals surface area contributed by atoms with Gasteiger partial charge < -0.3 is 15.2 Å². The summed E-state index contributed by atoms with van der Waals surface area (Å²) < 4.78 is 2.06. The van der Waals surface area contributed by atoms with E-state index in [1.54, 1.807) is 12.3 Å². The molecule has 0 aliphatic rings. The number of hydrazone groups is 1. The van der Waals surface area contributed by atoms with Gasteiger partial charge in [0.05, 0.1) is 12.0 Å². The van der Waals surface area contributed by atoms with Gasteiger partial charge in [-0.05, 0) is 31.7 Å².